The Hall–Kier alpha value is -0.850. The highest BCUT2D eigenvalue weighted by molar-refractivity contribution is 5.67. The van der Waals surface area contributed by atoms with Crippen molar-refractivity contribution in [1.82, 2.24) is 5.32 Å². The van der Waals surface area contributed by atoms with Gasteiger partial charge in [-0.3, -0.25) is 0 Å². The molecule has 0 aliphatic carbocycles. The fraction of sp³-hybridized carbons (Fsp3) is 0.917. The molecule has 2 N–H and O–H groups in total. The molecule has 6 nitrogen and oxygen atoms in total. The van der Waals surface area contributed by atoms with E-state index in [9.17, 15) is 4.79 Å². The van der Waals surface area contributed by atoms with Gasteiger partial charge in [0.2, 0.25) is 0 Å². The van der Waals surface area contributed by atoms with E-state index in [4.69, 9.17) is 19.3 Å². The van der Waals surface area contributed by atoms with E-state index in [0.717, 1.165) is 0 Å². The number of aliphatic hydroxyl groups excluding tert-OH is 1. The van der Waals surface area contributed by atoms with Crippen LogP contribution in [0.15, 0.2) is 0 Å². The van der Waals surface area contributed by atoms with Crippen molar-refractivity contribution in [3.05, 3.63) is 0 Å². The number of aliphatic hydroxyl groups is 1. The van der Waals surface area contributed by atoms with Crippen LogP contribution in [0, 0.1) is 0 Å². The fourth-order valence-electron chi connectivity index (χ4n) is 1.00. The minimum absolute atomic E-state index is 0.000198. The number of carbonyl (C=O) groups excluding carboxylic acids is 1. The lowest BCUT2D eigenvalue weighted by Crippen LogP contribution is -2.34. The average Bonchev–Trinajstić information content (AvgIpc) is 2.25. The van der Waals surface area contributed by atoms with Crippen molar-refractivity contribution in [3.8, 4) is 0 Å². The van der Waals surface area contributed by atoms with Gasteiger partial charge in [-0.1, -0.05) is 0 Å². The third-order valence-electron chi connectivity index (χ3n) is 1.80. The molecular weight excluding hydrogens is 238 g/mol. The third kappa shape index (κ3) is 11.6. The van der Waals surface area contributed by atoms with Crippen molar-refractivity contribution in [2.45, 2.75) is 39.4 Å². The quantitative estimate of drug-likeness (QED) is 0.637. The zero-order valence-corrected chi connectivity index (χ0v) is 11.7. The van der Waals surface area contributed by atoms with Crippen molar-refractivity contribution in [1.29, 1.82) is 0 Å². The zero-order chi connectivity index (χ0) is 14.0. The van der Waals surface area contributed by atoms with Crippen LogP contribution in [0.4, 0.5) is 4.79 Å². The van der Waals surface area contributed by atoms with Gasteiger partial charge in [-0.25, -0.2) is 4.79 Å². The lowest BCUT2D eigenvalue weighted by molar-refractivity contribution is -0.0102. The first kappa shape index (κ1) is 17.2. The standard InChI is InChI=1S/C12H25NO5/c1-10(9-14)17-8-7-16-6-5-13-11(15)18-12(2,3)4/h10,14H,5-9H2,1-4H3,(H,13,15). The molecule has 0 saturated carbocycles. The van der Waals surface area contributed by atoms with Gasteiger partial charge in [0.25, 0.3) is 0 Å². The molecule has 0 spiro atoms. The molecule has 0 aromatic carbocycles. The largest absolute Gasteiger partial charge is 0.444 e. The van der Waals surface area contributed by atoms with E-state index in [1.807, 2.05) is 20.8 Å². The maximum atomic E-state index is 11.2. The van der Waals surface area contributed by atoms with Crippen LogP contribution in [0.1, 0.15) is 27.7 Å². The van der Waals surface area contributed by atoms with Crippen LogP contribution < -0.4 is 5.32 Å². The van der Waals surface area contributed by atoms with Crippen LogP contribution in [0.2, 0.25) is 0 Å². The first-order valence-corrected chi connectivity index (χ1v) is 6.12. The lowest BCUT2D eigenvalue weighted by Gasteiger charge is -2.19. The highest BCUT2D eigenvalue weighted by atomic mass is 16.6. The molecule has 1 atom stereocenters. The molecule has 0 saturated heterocycles. The summed E-state index contributed by atoms with van der Waals surface area (Å²) >= 11 is 0. The van der Waals surface area contributed by atoms with E-state index in [1.54, 1.807) is 6.92 Å². The number of ether oxygens (including phenoxy) is 3. The Balaban J connectivity index is 3.33. The van der Waals surface area contributed by atoms with E-state index in [2.05, 4.69) is 5.32 Å². The lowest BCUT2D eigenvalue weighted by atomic mass is 10.2. The predicted molar refractivity (Wildman–Crippen MR) is 67.6 cm³/mol. The Bertz CT molecular complexity index is 227. The van der Waals surface area contributed by atoms with Crippen LogP contribution in [-0.4, -0.2) is 55.9 Å². The molecule has 108 valence electrons. The fourth-order valence-corrected chi connectivity index (χ4v) is 1.00. The Kier molecular flexibility index (Phi) is 8.70. The molecule has 18 heavy (non-hydrogen) atoms. The number of nitrogens with one attached hydrogen (secondary N) is 1. The molecule has 0 radical (unpaired) electrons. The second-order valence-electron chi connectivity index (χ2n) is 4.91. The number of rotatable bonds is 8. The highest BCUT2D eigenvalue weighted by Crippen LogP contribution is 2.05. The van der Waals surface area contributed by atoms with Crippen molar-refractivity contribution < 1.29 is 24.1 Å². The maximum absolute atomic E-state index is 11.2. The number of amides is 1. The predicted octanol–water partition coefficient (Wildman–Crippen LogP) is 0.925. The molecule has 0 aliphatic rings. The molecule has 0 rings (SSSR count). The monoisotopic (exact) mass is 263 g/mol. The van der Waals surface area contributed by atoms with E-state index in [-0.39, 0.29) is 12.7 Å². The molecule has 0 aliphatic heterocycles. The second kappa shape index (κ2) is 9.13. The van der Waals surface area contributed by atoms with Crippen molar-refractivity contribution in [2.75, 3.05) is 33.0 Å². The van der Waals surface area contributed by atoms with Crippen molar-refractivity contribution >= 4 is 6.09 Å². The zero-order valence-electron chi connectivity index (χ0n) is 11.7. The van der Waals surface area contributed by atoms with Gasteiger partial charge in [-0.05, 0) is 27.7 Å². The van der Waals surface area contributed by atoms with Gasteiger partial charge in [0, 0.05) is 6.54 Å². The summed E-state index contributed by atoms with van der Waals surface area (Å²) in [6, 6.07) is 0. The maximum Gasteiger partial charge on any atom is 0.407 e. The number of carbonyl (C=O) groups is 1. The van der Waals surface area contributed by atoms with Crippen LogP contribution in [0.3, 0.4) is 0 Å². The molecule has 0 bridgehead atoms. The molecule has 1 amide bonds. The van der Waals surface area contributed by atoms with E-state index in [0.29, 0.717) is 26.4 Å². The highest BCUT2D eigenvalue weighted by Gasteiger charge is 2.15. The summed E-state index contributed by atoms with van der Waals surface area (Å²) in [5.74, 6) is 0. The SMILES string of the molecule is CC(CO)OCCOCCNC(=O)OC(C)(C)C. The summed E-state index contributed by atoms with van der Waals surface area (Å²) in [5, 5.41) is 11.3. The second-order valence-corrected chi connectivity index (χ2v) is 4.91. The summed E-state index contributed by atoms with van der Waals surface area (Å²) < 4.78 is 15.5. The summed E-state index contributed by atoms with van der Waals surface area (Å²) in [7, 11) is 0. The minimum Gasteiger partial charge on any atom is -0.444 e. The van der Waals surface area contributed by atoms with E-state index in [1.165, 1.54) is 0 Å². The Morgan fingerprint density at radius 3 is 2.50 bits per heavy atom. The number of alkyl carbamates (subject to hydrolysis) is 1. The first-order chi connectivity index (χ1) is 8.35. The van der Waals surface area contributed by atoms with Gasteiger partial charge < -0.3 is 24.6 Å². The summed E-state index contributed by atoms with van der Waals surface area (Å²) in [5.41, 5.74) is -0.487. The Morgan fingerprint density at radius 2 is 1.94 bits per heavy atom. The van der Waals surface area contributed by atoms with Gasteiger partial charge >= 0.3 is 6.09 Å². The van der Waals surface area contributed by atoms with Crippen LogP contribution in [-0.2, 0) is 14.2 Å². The number of hydrogen-bond acceptors (Lipinski definition) is 5. The van der Waals surface area contributed by atoms with Gasteiger partial charge in [-0.2, -0.15) is 0 Å². The van der Waals surface area contributed by atoms with Crippen LogP contribution in [0.25, 0.3) is 0 Å². The normalized spacial score (nSPS) is 13.2. The Labute approximate surface area is 109 Å². The average molecular weight is 263 g/mol. The topological polar surface area (TPSA) is 77.0 Å². The molecular formula is C12H25NO5. The van der Waals surface area contributed by atoms with Crippen molar-refractivity contribution in [3.63, 3.8) is 0 Å². The van der Waals surface area contributed by atoms with Gasteiger partial charge in [0.15, 0.2) is 0 Å². The summed E-state index contributed by atoms with van der Waals surface area (Å²) in [6.07, 6.45) is -0.621. The van der Waals surface area contributed by atoms with Crippen molar-refractivity contribution in [2.24, 2.45) is 0 Å². The summed E-state index contributed by atoms with van der Waals surface area (Å²) in [4.78, 5) is 11.2. The van der Waals surface area contributed by atoms with Gasteiger partial charge in [0.05, 0.1) is 32.5 Å². The van der Waals surface area contributed by atoms with Gasteiger partial charge in [-0.15, -0.1) is 0 Å². The van der Waals surface area contributed by atoms with Crippen LogP contribution >= 0.6 is 0 Å². The molecule has 0 fully saturated rings. The Morgan fingerprint density at radius 1 is 1.28 bits per heavy atom. The van der Waals surface area contributed by atoms with E-state index < -0.39 is 11.7 Å². The van der Waals surface area contributed by atoms with Crippen LogP contribution in [0.5, 0.6) is 0 Å². The summed E-state index contributed by atoms with van der Waals surface area (Å²) in [6.45, 7) is 8.85. The molecule has 6 heteroatoms. The molecule has 0 aromatic rings. The molecule has 0 aromatic heterocycles. The minimum atomic E-state index is -0.487. The van der Waals surface area contributed by atoms with Gasteiger partial charge in [0.1, 0.15) is 5.60 Å². The molecule has 0 heterocycles. The third-order valence-corrected chi connectivity index (χ3v) is 1.80. The number of hydrogen-bond donors (Lipinski definition) is 2. The van der Waals surface area contributed by atoms with E-state index >= 15 is 0 Å². The first-order valence-electron chi connectivity index (χ1n) is 6.12. The smallest absolute Gasteiger partial charge is 0.407 e. The molecule has 1 unspecified atom stereocenters.